The highest BCUT2D eigenvalue weighted by atomic mass is 16.7. The lowest BCUT2D eigenvalue weighted by Gasteiger charge is -2.20. The number of hydrogen-bond donors (Lipinski definition) is 0. The highest BCUT2D eigenvalue weighted by Gasteiger charge is 2.19. The SMILES string of the molecule is Cc1ccc(C(C)C)c(OC(=O)OC(C)(C)C)c1. The molecule has 0 atom stereocenters. The minimum atomic E-state index is -0.657. The third-order valence-corrected chi connectivity index (χ3v) is 2.37. The van der Waals surface area contributed by atoms with Gasteiger partial charge in [0.25, 0.3) is 0 Å². The first-order valence-corrected chi connectivity index (χ1v) is 6.20. The molecule has 0 fully saturated rings. The van der Waals surface area contributed by atoms with Crippen molar-refractivity contribution in [3.05, 3.63) is 29.3 Å². The molecule has 0 heterocycles. The normalized spacial score (nSPS) is 11.5. The molecule has 0 radical (unpaired) electrons. The van der Waals surface area contributed by atoms with Crippen molar-refractivity contribution in [1.82, 2.24) is 0 Å². The van der Waals surface area contributed by atoms with E-state index < -0.39 is 11.8 Å². The topological polar surface area (TPSA) is 35.5 Å². The lowest BCUT2D eigenvalue weighted by molar-refractivity contribution is 0.0204. The monoisotopic (exact) mass is 250 g/mol. The molecule has 0 aromatic heterocycles. The number of aryl methyl sites for hydroxylation is 1. The summed E-state index contributed by atoms with van der Waals surface area (Å²) in [7, 11) is 0. The van der Waals surface area contributed by atoms with Crippen LogP contribution < -0.4 is 4.74 Å². The summed E-state index contributed by atoms with van der Waals surface area (Å²) in [6.45, 7) is 11.5. The first kappa shape index (κ1) is 14.6. The second-order valence-corrected chi connectivity index (χ2v) is 5.76. The lowest BCUT2D eigenvalue weighted by atomic mass is 10.0. The minimum absolute atomic E-state index is 0.294. The number of rotatable bonds is 2. The molecule has 3 nitrogen and oxygen atoms in total. The van der Waals surface area contributed by atoms with Gasteiger partial charge in [0, 0.05) is 0 Å². The predicted octanol–water partition coefficient (Wildman–Crippen LogP) is 4.43. The Balaban J connectivity index is 2.89. The summed E-state index contributed by atoms with van der Waals surface area (Å²) in [5.41, 5.74) is 1.52. The van der Waals surface area contributed by atoms with Gasteiger partial charge in [-0.2, -0.15) is 0 Å². The van der Waals surface area contributed by atoms with Gasteiger partial charge in [-0.1, -0.05) is 26.0 Å². The van der Waals surface area contributed by atoms with Crippen LogP contribution in [0.2, 0.25) is 0 Å². The summed E-state index contributed by atoms with van der Waals surface area (Å²) in [6.07, 6.45) is -0.657. The molecule has 0 aliphatic heterocycles. The van der Waals surface area contributed by atoms with Crippen molar-refractivity contribution < 1.29 is 14.3 Å². The summed E-state index contributed by atoms with van der Waals surface area (Å²) in [5, 5.41) is 0. The summed E-state index contributed by atoms with van der Waals surface area (Å²) in [4.78, 5) is 11.7. The molecule has 3 heteroatoms. The first-order valence-electron chi connectivity index (χ1n) is 6.20. The Labute approximate surface area is 109 Å². The van der Waals surface area contributed by atoms with Gasteiger partial charge in [-0.05, 0) is 50.8 Å². The maximum atomic E-state index is 11.7. The van der Waals surface area contributed by atoms with Gasteiger partial charge < -0.3 is 9.47 Å². The zero-order valence-corrected chi connectivity index (χ0v) is 12.0. The largest absolute Gasteiger partial charge is 0.514 e. The fourth-order valence-corrected chi connectivity index (χ4v) is 1.57. The Kier molecular flexibility index (Phi) is 4.38. The maximum Gasteiger partial charge on any atom is 0.514 e. The zero-order chi connectivity index (χ0) is 13.9. The molecule has 0 spiro atoms. The van der Waals surface area contributed by atoms with E-state index in [1.165, 1.54) is 0 Å². The molecule has 1 aromatic carbocycles. The van der Waals surface area contributed by atoms with Gasteiger partial charge in [0.1, 0.15) is 11.4 Å². The van der Waals surface area contributed by atoms with Crippen LogP contribution in [0.1, 0.15) is 51.7 Å². The van der Waals surface area contributed by atoms with Crippen LogP contribution in [-0.4, -0.2) is 11.8 Å². The van der Waals surface area contributed by atoms with Crippen molar-refractivity contribution in [3.8, 4) is 5.75 Å². The van der Waals surface area contributed by atoms with E-state index in [4.69, 9.17) is 9.47 Å². The Bertz CT molecular complexity index is 428. The van der Waals surface area contributed by atoms with E-state index in [2.05, 4.69) is 13.8 Å². The van der Waals surface area contributed by atoms with Crippen LogP contribution in [0.15, 0.2) is 18.2 Å². The van der Waals surface area contributed by atoms with Gasteiger partial charge in [-0.25, -0.2) is 4.79 Å². The smallest absolute Gasteiger partial charge is 0.428 e. The van der Waals surface area contributed by atoms with Crippen LogP contribution in [0, 0.1) is 6.92 Å². The summed E-state index contributed by atoms with van der Waals surface area (Å²) in [6, 6.07) is 5.86. The second-order valence-electron chi connectivity index (χ2n) is 5.76. The number of ether oxygens (including phenoxy) is 2. The Morgan fingerprint density at radius 2 is 1.83 bits per heavy atom. The Hall–Kier alpha value is -1.51. The molecule has 0 amide bonds. The molecule has 18 heavy (non-hydrogen) atoms. The van der Waals surface area contributed by atoms with Crippen molar-refractivity contribution >= 4 is 6.16 Å². The molecule has 1 rings (SSSR count). The van der Waals surface area contributed by atoms with Crippen molar-refractivity contribution in [1.29, 1.82) is 0 Å². The third-order valence-electron chi connectivity index (χ3n) is 2.37. The quantitative estimate of drug-likeness (QED) is 0.575. The van der Waals surface area contributed by atoms with Crippen molar-refractivity contribution in [3.63, 3.8) is 0 Å². The molecule has 0 aliphatic carbocycles. The Morgan fingerprint density at radius 1 is 1.22 bits per heavy atom. The molecule has 100 valence electrons. The number of benzene rings is 1. The highest BCUT2D eigenvalue weighted by Crippen LogP contribution is 2.28. The van der Waals surface area contributed by atoms with E-state index in [-0.39, 0.29) is 0 Å². The van der Waals surface area contributed by atoms with E-state index in [1.807, 2.05) is 45.9 Å². The molecular formula is C15H22O3. The number of carbonyl (C=O) groups is 1. The lowest BCUT2D eigenvalue weighted by Crippen LogP contribution is -2.26. The van der Waals surface area contributed by atoms with Crippen LogP contribution in [0.3, 0.4) is 0 Å². The van der Waals surface area contributed by atoms with E-state index >= 15 is 0 Å². The fourth-order valence-electron chi connectivity index (χ4n) is 1.57. The van der Waals surface area contributed by atoms with E-state index in [0.29, 0.717) is 11.7 Å². The summed E-state index contributed by atoms with van der Waals surface area (Å²) in [5.74, 6) is 0.877. The van der Waals surface area contributed by atoms with Crippen LogP contribution in [0.5, 0.6) is 5.75 Å². The number of hydrogen-bond acceptors (Lipinski definition) is 3. The number of carbonyl (C=O) groups excluding carboxylic acids is 1. The summed E-state index contributed by atoms with van der Waals surface area (Å²) < 4.78 is 10.5. The van der Waals surface area contributed by atoms with E-state index in [9.17, 15) is 4.79 Å². The molecule has 0 N–H and O–H groups in total. The molecule has 0 bridgehead atoms. The molecule has 1 aromatic rings. The zero-order valence-electron chi connectivity index (χ0n) is 12.0. The minimum Gasteiger partial charge on any atom is -0.428 e. The van der Waals surface area contributed by atoms with Gasteiger partial charge in [0.2, 0.25) is 0 Å². The average Bonchev–Trinajstić information content (AvgIpc) is 2.13. The van der Waals surface area contributed by atoms with Gasteiger partial charge in [0.05, 0.1) is 0 Å². The van der Waals surface area contributed by atoms with Crippen molar-refractivity contribution in [2.45, 2.75) is 53.1 Å². The summed E-state index contributed by atoms with van der Waals surface area (Å²) >= 11 is 0. The van der Waals surface area contributed by atoms with Crippen molar-refractivity contribution in [2.24, 2.45) is 0 Å². The average molecular weight is 250 g/mol. The predicted molar refractivity (Wildman–Crippen MR) is 72.1 cm³/mol. The fraction of sp³-hybridized carbons (Fsp3) is 0.533. The molecule has 0 unspecified atom stereocenters. The van der Waals surface area contributed by atoms with Gasteiger partial charge >= 0.3 is 6.16 Å². The van der Waals surface area contributed by atoms with Gasteiger partial charge in [-0.3, -0.25) is 0 Å². The van der Waals surface area contributed by atoms with Crippen LogP contribution in [0.25, 0.3) is 0 Å². The Morgan fingerprint density at radius 3 is 2.33 bits per heavy atom. The molecule has 0 saturated heterocycles. The third kappa shape index (κ3) is 4.40. The first-order chi connectivity index (χ1) is 8.19. The van der Waals surface area contributed by atoms with Gasteiger partial charge in [0.15, 0.2) is 0 Å². The molecular weight excluding hydrogens is 228 g/mol. The van der Waals surface area contributed by atoms with Crippen LogP contribution >= 0.6 is 0 Å². The van der Waals surface area contributed by atoms with E-state index in [1.54, 1.807) is 0 Å². The van der Waals surface area contributed by atoms with Crippen LogP contribution in [-0.2, 0) is 4.74 Å². The maximum absolute atomic E-state index is 11.7. The standard InChI is InChI=1S/C15H22O3/c1-10(2)12-8-7-11(3)9-13(12)17-14(16)18-15(4,5)6/h7-10H,1-6H3. The van der Waals surface area contributed by atoms with E-state index in [0.717, 1.165) is 11.1 Å². The highest BCUT2D eigenvalue weighted by molar-refractivity contribution is 5.65. The second kappa shape index (κ2) is 5.42. The van der Waals surface area contributed by atoms with Crippen molar-refractivity contribution in [2.75, 3.05) is 0 Å². The molecule has 0 aliphatic rings. The molecule has 0 saturated carbocycles. The van der Waals surface area contributed by atoms with Gasteiger partial charge in [-0.15, -0.1) is 0 Å². The van der Waals surface area contributed by atoms with Crippen LogP contribution in [0.4, 0.5) is 4.79 Å².